The molecule has 1 aromatic rings. The molecule has 1 rings (SSSR count). The van der Waals surface area contributed by atoms with E-state index in [1.165, 1.54) is 0 Å². The third-order valence-corrected chi connectivity index (χ3v) is 2.39. The minimum absolute atomic E-state index is 0.292. The first-order chi connectivity index (χ1) is 8.58. The molecule has 102 valence electrons. The number of rotatable bonds is 7. The van der Waals surface area contributed by atoms with E-state index < -0.39 is 5.92 Å². The molecule has 18 heavy (non-hydrogen) atoms. The Morgan fingerprint density at radius 2 is 2.17 bits per heavy atom. The Bertz CT molecular complexity index is 376. The lowest BCUT2D eigenvalue weighted by Crippen LogP contribution is -2.17. The van der Waals surface area contributed by atoms with Crippen LogP contribution in [0.5, 0.6) is 0 Å². The van der Waals surface area contributed by atoms with Gasteiger partial charge in [0.25, 0.3) is 0 Å². The van der Waals surface area contributed by atoms with Crippen LogP contribution in [-0.4, -0.2) is 41.7 Å². The summed E-state index contributed by atoms with van der Waals surface area (Å²) < 4.78 is 10.2. The molecule has 1 atom stereocenters. The molecule has 1 aromatic heterocycles. The zero-order chi connectivity index (χ0) is 13.5. The van der Waals surface area contributed by atoms with Gasteiger partial charge in [-0.25, -0.2) is 0 Å². The molecule has 0 aliphatic carbocycles. The van der Waals surface area contributed by atoms with E-state index in [9.17, 15) is 4.79 Å². The van der Waals surface area contributed by atoms with Crippen LogP contribution >= 0.6 is 0 Å². The van der Waals surface area contributed by atoms with E-state index in [1.54, 1.807) is 6.92 Å². The first-order valence-electron chi connectivity index (χ1n) is 6.22. The molecule has 0 radical (unpaired) electrons. The van der Waals surface area contributed by atoms with E-state index in [1.807, 2.05) is 25.9 Å². The Labute approximate surface area is 107 Å². The summed E-state index contributed by atoms with van der Waals surface area (Å²) in [6, 6.07) is 0. The first kappa shape index (κ1) is 14.6. The molecular formula is C12H21N3O3. The third-order valence-electron chi connectivity index (χ3n) is 2.39. The van der Waals surface area contributed by atoms with Crippen LogP contribution in [0.3, 0.4) is 0 Å². The molecular weight excluding hydrogens is 234 g/mol. The van der Waals surface area contributed by atoms with Gasteiger partial charge in [0.05, 0.1) is 13.2 Å². The van der Waals surface area contributed by atoms with E-state index in [-0.39, 0.29) is 5.97 Å². The Balaban J connectivity index is 2.78. The average molecular weight is 255 g/mol. The van der Waals surface area contributed by atoms with Crippen LogP contribution in [0.4, 0.5) is 0 Å². The van der Waals surface area contributed by atoms with Gasteiger partial charge in [0, 0.05) is 0 Å². The number of carbonyl (C=O) groups excluding carboxylic acids is 1. The van der Waals surface area contributed by atoms with Crippen molar-refractivity contribution in [1.82, 2.24) is 15.0 Å². The maximum Gasteiger partial charge on any atom is 0.318 e. The molecule has 0 amide bonds. The van der Waals surface area contributed by atoms with Crippen LogP contribution in [0.2, 0.25) is 0 Å². The van der Waals surface area contributed by atoms with Gasteiger partial charge in [0.2, 0.25) is 5.89 Å². The highest BCUT2D eigenvalue weighted by Crippen LogP contribution is 2.21. The molecule has 1 unspecified atom stereocenters. The van der Waals surface area contributed by atoms with Gasteiger partial charge in [-0.1, -0.05) is 18.5 Å². The molecule has 0 N–H and O–H groups in total. The van der Waals surface area contributed by atoms with Gasteiger partial charge in [-0.05, 0) is 27.4 Å². The monoisotopic (exact) mass is 255 g/mol. The first-order valence-corrected chi connectivity index (χ1v) is 6.22. The Morgan fingerprint density at radius 3 is 2.72 bits per heavy atom. The number of hydrogen-bond acceptors (Lipinski definition) is 6. The Kier molecular flexibility index (Phi) is 5.77. The lowest BCUT2D eigenvalue weighted by molar-refractivity contribution is -0.145. The van der Waals surface area contributed by atoms with Crippen molar-refractivity contribution >= 4 is 5.97 Å². The van der Waals surface area contributed by atoms with Crippen LogP contribution in [0.25, 0.3) is 0 Å². The van der Waals surface area contributed by atoms with Crippen molar-refractivity contribution in [3.05, 3.63) is 11.7 Å². The number of aromatic nitrogens is 2. The van der Waals surface area contributed by atoms with E-state index in [2.05, 4.69) is 10.1 Å². The largest absolute Gasteiger partial charge is 0.465 e. The van der Waals surface area contributed by atoms with Crippen molar-refractivity contribution in [2.45, 2.75) is 39.2 Å². The fourth-order valence-corrected chi connectivity index (χ4v) is 1.63. The van der Waals surface area contributed by atoms with Crippen molar-refractivity contribution in [1.29, 1.82) is 0 Å². The molecule has 6 heteroatoms. The number of nitrogens with zero attached hydrogens (tertiary/aromatic N) is 3. The van der Waals surface area contributed by atoms with Crippen LogP contribution in [0, 0.1) is 0 Å². The van der Waals surface area contributed by atoms with Gasteiger partial charge in [-0.2, -0.15) is 4.98 Å². The molecule has 0 aromatic carbocycles. The maximum atomic E-state index is 11.8. The van der Waals surface area contributed by atoms with E-state index in [0.717, 1.165) is 6.42 Å². The van der Waals surface area contributed by atoms with E-state index in [0.29, 0.717) is 31.3 Å². The van der Waals surface area contributed by atoms with Crippen molar-refractivity contribution in [3.63, 3.8) is 0 Å². The summed E-state index contributed by atoms with van der Waals surface area (Å²) in [6.45, 7) is 4.73. The SMILES string of the molecule is CCCC(C(=O)OCC)c1nc(CN(C)C)no1. The van der Waals surface area contributed by atoms with Crippen molar-refractivity contribution in [2.24, 2.45) is 0 Å². The summed E-state index contributed by atoms with van der Waals surface area (Å²) in [6.07, 6.45) is 1.51. The van der Waals surface area contributed by atoms with Crippen molar-refractivity contribution < 1.29 is 14.1 Å². The normalized spacial score (nSPS) is 12.7. The van der Waals surface area contributed by atoms with E-state index >= 15 is 0 Å². The summed E-state index contributed by atoms with van der Waals surface area (Å²) in [4.78, 5) is 18.0. The zero-order valence-electron chi connectivity index (χ0n) is 11.5. The van der Waals surface area contributed by atoms with Crippen LogP contribution in [0.1, 0.15) is 44.3 Å². The lowest BCUT2D eigenvalue weighted by atomic mass is 10.0. The maximum absolute atomic E-state index is 11.8. The molecule has 0 saturated carbocycles. The minimum atomic E-state index is -0.446. The fraction of sp³-hybridized carbons (Fsp3) is 0.750. The van der Waals surface area contributed by atoms with Gasteiger partial charge in [0.15, 0.2) is 5.82 Å². The summed E-state index contributed by atoms with van der Waals surface area (Å²) in [5.41, 5.74) is 0. The predicted octanol–water partition coefficient (Wildman–Crippen LogP) is 1.58. The standard InChI is InChI=1S/C12H21N3O3/c1-5-7-9(12(16)17-6-2)11-13-10(14-18-11)8-15(3)4/h9H,5-8H2,1-4H3. The number of carbonyl (C=O) groups is 1. The van der Waals surface area contributed by atoms with Gasteiger partial charge >= 0.3 is 5.97 Å². The molecule has 0 bridgehead atoms. The van der Waals surface area contributed by atoms with Crippen LogP contribution in [0.15, 0.2) is 4.52 Å². The number of ether oxygens (including phenoxy) is 1. The zero-order valence-corrected chi connectivity index (χ0v) is 11.5. The van der Waals surface area contributed by atoms with Crippen LogP contribution in [-0.2, 0) is 16.1 Å². The molecule has 0 fully saturated rings. The number of hydrogen-bond donors (Lipinski definition) is 0. The van der Waals surface area contributed by atoms with Crippen molar-refractivity contribution in [2.75, 3.05) is 20.7 Å². The summed E-state index contributed by atoms with van der Waals surface area (Å²) in [5, 5.41) is 3.87. The van der Waals surface area contributed by atoms with Gasteiger partial charge in [0.1, 0.15) is 5.92 Å². The molecule has 0 aliphatic rings. The quantitative estimate of drug-likeness (QED) is 0.689. The van der Waals surface area contributed by atoms with Gasteiger partial charge in [-0.3, -0.25) is 4.79 Å². The van der Waals surface area contributed by atoms with Crippen molar-refractivity contribution in [3.8, 4) is 0 Å². The summed E-state index contributed by atoms with van der Waals surface area (Å²) in [7, 11) is 3.84. The Hall–Kier alpha value is -1.43. The highest BCUT2D eigenvalue weighted by atomic mass is 16.5. The topological polar surface area (TPSA) is 68.5 Å². The predicted molar refractivity (Wildman–Crippen MR) is 66.0 cm³/mol. The molecule has 0 spiro atoms. The Morgan fingerprint density at radius 1 is 1.44 bits per heavy atom. The molecule has 0 aliphatic heterocycles. The summed E-state index contributed by atoms with van der Waals surface area (Å²) >= 11 is 0. The summed E-state index contributed by atoms with van der Waals surface area (Å²) in [5.74, 6) is 0.199. The molecule has 6 nitrogen and oxygen atoms in total. The lowest BCUT2D eigenvalue weighted by Gasteiger charge is -2.09. The second-order valence-electron chi connectivity index (χ2n) is 4.38. The second kappa shape index (κ2) is 7.10. The van der Waals surface area contributed by atoms with Gasteiger partial charge in [-0.15, -0.1) is 0 Å². The smallest absolute Gasteiger partial charge is 0.318 e. The fourth-order valence-electron chi connectivity index (χ4n) is 1.63. The van der Waals surface area contributed by atoms with Crippen LogP contribution < -0.4 is 0 Å². The highest BCUT2D eigenvalue weighted by molar-refractivity contribution is 5.76. The van der Waals surface area contributed by atoms with E-state index in [4.69, 9.17) is 9.26 Å². The average Bonchev–Trinajstić information content (AvgIpc) is 2.73. The molecule has 0 saturated heterocycles. The second-order valence-corrected chi connectivity index (χ2v) is 4.38. The minimum Gasteiger partial charge on any atom is -0.465 e. The third kappa shape index (κ3) is 4.10. The van der Waals surface area contributed by atoms with Gasteiger partial charge < -0.3 is 14.2 Å². The highest BCUT2D eigenvalue weighted by Gasteiger charge is 2.27. The molecule has 1 heterocycles. The number of esters is 1.